The lowest BCUT2D eigenvalue weighted by atomic mass is 9.89. The van der Waals surface area contributed by atoms with E-state index in [0.29, 0.717) is 11.7 Å². The predicted octanol–water partition coefficient (Wildman–Crippen LogP) is 3.14. The quantitative estimate of drug-likeness (QED) is 0.936. The van der Waals surface area contributed by atoms with Crippen LogP contribution in [0.4, 0.5) is 0 Å². The average molecular weight is 288 g/mol. The maximum Gasteiger partial charge on any atom is 0.229 e. The second-order valence-corrected chi connectivity index (χ2v) is 5.76. The summed E-state index contributed by atoms with van der Waals surface area (Å²) in [6.45, 7) is 4.30. The molecule has 0 saturated heterocycles. The van der Waals surface area contributed by atoms with Crippen molar-refractivity contribution >= 4 is 0 Å². The lowest BCUT2D eigenvalue weighted by molar-refractivity contribution is 0.156. The molecule has 1 heterocycles. The Hall–Kier alpha value is -1.88. The molecule has 21 heavy (non-hydrogen) atoms. The lowest BCUT2D eigenvalue weighted by Crippen LogP contribution is -2.09. The molecule has 0 bridgehead atoms. The molecule has 5 nitrogen and oxygen atoms in total. The zero-order chi connectivity index (χ0) is 14.8. The second-order valence-electron chi connectivity index (χ2n) is 5.76. The summed E-state index contributed by atoms with van der Waals surface area (Å²) in [6.07, 6.45) is 2.51. The van der Waals surface area contributed by atoms with Gasteiger partial charge in [0.15, 0.2) is 6.61 Å². The summed E-state index contributed by atoms with van der Waals surface area (Å²) in [5.74, 6) is 2.17. The first kappa shape index (κ1) is 14.1. The Kier molecular flexibility index (Phi) is 3.92. The molecule has 1 aromatic carbocycles. The topological polar surface area (TPSA) is 68.4 Å². The molecular weight excluding hydrogens is 268 g/mol. The fraction of sp³-hybridized carbons (Fsp3) is 0.500. The molecule has 0 aliphatic heterocycles. The number of aliphatic hydroxyl groups excluding tert-OH is 1. The molecule has 0 spiro atoms. The van der Waals surface area contributed by atoms with Crippen LogP contribution in [-0.2, 0) is 13.0 Å². The predicted molar refractivity (Wildman–Crippen MR) is 77.1 cm³/mol. The molecule has 2 aromatic rings. The van der Waals surface area contributed by atoms with Gasteiger partial charge < -0.3 is 14.4 Å². The highest BCUT2D eigenvalue weighted by molar-refractivity contribution is 5.38. The molecule has 3 rings (SSSR count). The van der Waals surface area contributed by atoms with Crippen LogP contribution >= 0.6 is 0 Å². The molecule has 112 valence electrons. The van der Waals surface area contributed by atoms with Crippen LogP contribution in [0.1, 0.15) is 61.6 Å². The third-order valence-electron chi connectivity index (χ3n) is 3.74. The molecule has 5 heteroatoms. The van der Waals surface area contributed by atoms with Crippen molar-refractivity contribution in [2.24, 2.45) is 0 Å². The van der Waals surface area contributed by atoms with Crippen LogP contribution in [0.25, 0.3) is 0 Å². The number of ether oxygens (including phenoxy) is 1. The van der Waals surface area contributed by atoms with E-state index in [4.69, 9.17) is 9.26 Å². The van der Waals surface area contributed by atoms with Crippen molar-refractivity contribution in [2.75, 3.05) is 0 Å². The number of aryl methyl sites for hydroxylation is 1. The molecule has 0 radical (unpaired) electrons. The summed E-state index contributed by atoms with van der Waals surface area (Å²) in [4.78, 5) is 4.28. The highest BCUT2D eigenvalue weighted by Crippen LogP contribution is 2.32. The molecule has 0 amide bonds. The van der Waals surface area contributed by atoms with Crippen molar-refractivity contribution in [1.82, 2.24) is 10.1 Å². The van der Waals surface area contributed by atoms with Crippen molar-refractivity contribution in [1.29, 1.82) is 0 Å². The monoisotopic (exact) mass is 288 g/mol. The molecule has 0 saturated carbocycles. The van der Waals surface area contributed by atoms with Crippen LogP contribution in [0.15, 0.2) is 22.7 Å². The fourth-order valence-electron chi connectivity index (χ4n) is 2.56. The van der Waals surface area contributed by atoms with Gasteiger partial charge in [-0.2, -0.15) is 4.98 Å². The minimum Gasteiger partial charge on any atom is -0.485 e. The number of hydrogen-bond donors (Lipinski definition) is 1. The van der Waals surface area contributed by atoms with Crippen LogP contribution in [-0.4, -0.2) is 15.2 Å². The largest absolute Gasteiger partial charge is 0.485 e. The highest BCUT2D eigenvalue weighted by Gasteiger charge is 2.18. The Morgan fingerprint density at radius 3 is 3.05 bits per heavy atom. The summed E-state index contributed by atoms with van der Waals surface area (Å²) < 4.78 is 10.9. The van der Waals surface area contributed by atoms with E-state index >= 15 is 0 Å². The van der Waals surface area contributed by atoms with E-state index in [9.17, 15) is 5.11 Å². The Balaban J connectivity index is 1.67. The Labute approximate surface area is 123 Å². The van der Waals surface area contributed by atoms with Crippen LogP contribution in [0.5, 0.6) is 5.75 Å². The van der Waals surface area contributed by atoms with Crippen molar-refractivity contribution < 1.29 is 14.4 Å². The number of nitrogens with zero attached hydrogens (tertiary/aromatic N) is 2. The van der Waals surface area contributed by atoms with E-state index in [1.54, 1.807) is 0 Å². The van der Waals surface area contributed by atoms with Gasteiger partial charge in [-0.3, -0.25) is 0 Å². The minimum absolute atomic E-state index is 0.219. The van der Waals surface area contributed by atoms with Gasteiger partial charge in [0.1, 0.15) is 5.75 Å². The SMILES string of the molecule is CC(C)c1nc(COc2ccc3c(c2)CCCC3O)no1. The molecule has 1 aliphatic carbocycles. The Morgan fingerprint density at radius 1 is 1.43 bits per heavy atom. The standard InChI is InChI=1S/C16H20N2O3/c1-10(2)16-17-15(18-21-16)9-20-12-6-7-13-11(8-12)4-3-5-14(13)19/h6-8,10,14,19H,3-5,9H2,1-2H3. The van der Waals surface area contributed by atoms with E-state index in [-0.39, 0.29) is 18.6 Å². The second kappa shape index (κ2) is 5.85. The number of aliphatic hydroxyl groups is 1. The molecule has 1 N–H and O–H groups in total. The zero-order valence-corrected chi connectivity index (χ0v) is 12.4. The van der Waals surface area contributed by atoms with Crippen LogP contribution in [0.2, 0.25) is 0 Å². The number of fused-ring (bicyclic) bond motifs is 1. The minimum atomic E-state index is -0.339. The summed E-state index contributed by atoms with van der Waals surface area (Å²) in [6, 6.07) is 5.84. The van der Waals surface area contributed by atoms with Crippen LogP contribution < -0.4 is 4.74 Å². The zero-order valence-electron chi connectivity index (χ0n) is 12.4. The summed E-state index contributed by atoms with van der Waals surface area (Å²) in [5, 5.41) is 13.8. The van der Waals surface area contributed by atoms with Gasteiger partial charge >= 0.3 is 0 Å². The van der Waals surface area contributed by atoms with E-state index in [1.165, 1.54) is 5.56 Å². The molecule has 1 aromatic heterocycles. The van der Waals surface area contributed by atoms with Gasteiger partial charge in [0, 0.05) is 5.92 Å². The van der Waals surface area contributed by atoms with Gasteiger partial charge in [0.2, 0.25) is 11.7 Å². The van der Waals surface area contributed by atoms with Crippen LogP contribution in [0.3, 0.4) is 0 Å². The van der Waals surface area contributed by atoms with Crippen molar-refractivity contribution in [3.05, 3.63) is 41.0 Å². The van der Waals surface area contributed by atoms with Gasteiger partial charge in [0.05, 0.1) is 6.10 Å². The molecule has 1 aliphatic rings. The number of benzene rings is 1. The van der Waals surface area contributed by atoms with E-state index in [0.717, 1.165) is 30.6 Å². The maximum atomic E-state index is 9.94. The Bertz CT molecular complexity index is 622. The maximum absolute atomic E-state index is 9.94. The van der Waals surface area contributed by atoms with Crippen molar-refractivity contribution in [3.63, 3.8) is 0 Å². The summed E-state index contributed by atoms with van der Waals surface area (Å²) in [5.41, 5.74) is 2.19. The van der Waals surface area contributed by atoms with Gasteiger partial charge in [-0.25, -0.2) is 0 Å². The summed E-state index contributed by atoms with van der Waals surface area (Å²) >= 11 is 0. The summed E-state index contributed by atoms with van der Waals surface area (Å²) in [7, 11) is 0. The first-order valence-corrected chi connectivity index (χ1v) is 7.39. The first-order valence-electron chi connectivity index (χ1n) is 7.39. The van der Waals surface area contributed by atoms with E-state index in [2.05, 4.69) is 10.1 Å². The van der Waals surface area contributed by atoms with Gasteiger partial charge in [-0.1, -0.05) is 25.1 Å². The van der Waals surface area contributed by atoms with Crippen molar-refractivity contribution in [3.8, 4) is 5.75 Å². The Morgan fingerprint density at radius 2 is 2.29 bits per heavy atom. The van der Waals surface area contributed by atoms with Gasteiger partial charge in [-0.05, 0) is 42.5 Å². The molecule has 0 fully saturated rings. The number of rotatable bonds is 4. The third-order valence-corrected chi connectivity index (χ3v) is 3.74. The molecule has 1 unspecified atom stereocenters. The fourth-order valence-corrected chi connectivity index (χ4v) is 2.56. The van der Waals surface area contributed by atoms with E-state index < -0.39 is 0 Å². The third kappa shape index (κ3) is 3.08. The van der Waals surface area contributed by atoms with Gasteiger partial charge in [-0.15, -0.1) is 0 Å². The lowest BCUT2D eigenvalue weighted by Gasteiger charge is -2.21. The smallest absolute Gasteiger partial charge is 0.229 e. The first-order chi connectivity index (χ1) is 10.1. The van der Waals surface area contributed by atoms with Crippen molar-refractivity contribution in [2.45, 2.75) is 51.7 Å². The van der Waals surface area contributed by atoms with E-state index in [1.807, 2.05) is 32.0 Å². The molecule has 1 atom stereocenters. The van der Waals surface area contributed by atoms with Crippen LogP contribution in [0, 0.1) is 0 Å². The number of hydrogen-bond acceptors (Lipinski definition) is 5. The average Bonchev–Trinajstić information content (AvgIpc) is 2.94. The molecular formula is C16H20N2O3. The highest BCUT2D eigenvalue weighted by atomic mass is 16.5. The van der Waals surface area contributed by atoms with Gasteiger partial charge in [0.25, 0.3) is 0 Å². The normalized spacial score (nSPS) is 17.8. The number of aromatic nitrogens is 2.